The van der Waals surface area contributed by atoms with Crippen molar-refractivity contribution in [3.63, 3.8) is 0 Å². The average Bonchev–Trinajstić information content (AvgIpc) is 3.40. The Labute approximate surface area is 203 Å². The number of carbonyl (C=O) groups is 3. The number of hydrogen-bond donors (Lipinski definition) is 1. The molecule has 0 spiro atoms. The lowest BCUT2D eigenvalue weighted by atomic mass is 10.1. The fourth-order valence-electron chi connectivity index (χ4n) is 3.35. The summed E-state index contributed by atoms with van der Waals surface area (Å²) in [6.07, 6.45) is 1.41. The van der Waals surface area contributed by atoms with E-state index in [1.165, 1.54) is 25.3 Å². The van der Waals surface area contributed by atoms with Crippen molar-refractivity contribution >= 4 is 46.3 Å². The molecule has 1 aromatic heterocycles. The first-order valence-electron chi connectivity index (χ1n) is 10.3. The maximum Gasteiger partial charge on any atom is 0.294 e. The quantitative estimate of drug-likeness (QED) is 0.281. The zero-order valence-corrected chi connectivity index (χ0v) is 19.5. The van der Waals surface area contributed by atoms with Gasteiger partial charge in [0.15, 0.2) is 0 Å². The number of nitro benzene ring substituents is 1. The van der Waals surface area contributed by atoms with Crippen molar-refractivity contribution in [2.24, 2.45) is 0 Å². The van der Waals surface area contributed by atoms with Crippen LogP contribution in [0.15, 0.2) is 63.9 Å². The Morgan fingerprint density at radius 2 is 1.91 bits per heavy atom. The SMILES string of the molecule is COc1ccc(NC(=O)CN2C(=O)S/C(=C/c3ccc(-c4cc([N+](=O)[O-])ccc4C)o3)C2=O)cc1. The number of rotatable bonds is 7. The summed E-state index contributed by atoms with van der Waals surface area (Å²) in [6, 6.07) is 14.3. The van der Waals surface area contributed by atoms with Crippen LogP contribution in [-0.2, 0) is 9.59 Å². The first-order chi connectivity index (χ1) is 16.7. The monoisotopic (exact) mass is 493 g/mol. The number of methoxy groups -OCH3 is 1. The molecule has 0 saturated carbocycles. The lowest BCUT2D eigenvalue weighted by Crippen LogP contribution is -2.36. The lowest BCUT2D eigenvalue weighted by molar-refractivity contribution is -0.384. The number of nitro groups is 1. The van der Waals surface area contributed by atoms with Gasteiger partial charge in [-0.15, -0.1) is 0 Å². The first kappa shape index (κ1) is 23.8. The Morgan fingerprint density at radius 3 is 2.60 bits per heavy atom. The molecule has 0 atom stereocenters. The number of non-ortho nitro benzene ring substituents is 1. The molecule has 3 aromatic rings. The summed E-state index contributed by atoms with van der Waals surface area (Å²) in [5, 5.41) is 13.1. The number of amides is 3. The molecule has 0 aliphatic carbocycles. The van der Waals surface area contributed by atoms with Gasteiger partial charge in [-0.1, -0.05) is 6.07 Å². The van der Waals surface area contributed by atoms with Crippen LogP contribution in [-0.4, -0.2) is 40.5 Å². The van der Waals surface area contributed by atoms with Crippen molar-refractivity contribution < 1.29 is 28.5 Å². The van der Waals surface area contributed by atoms with E-state index in [1.807, 2.05) is 0 Å². The van der Waals surface area contributed by atoms with Gasteiger partial charge in [-0.2, -0.15) is 0 Å². The van der Waals surface area contributed by atoms with Crippen LogP contribution in [0.1, 0.15) is 11.3 Å². The molecule has 178 valence electrons. The molecule has 0 bridgehead atoms. The summed E-state index contributed by atoms with van der Waals surface area (Å²) >= 11 is 0.697. The fraction of sp³-hybridized carbons (Fsp3) is 0.125. The predicted octanol–water partition coefficient (Wildman–Crippen LogP) is 4.85. The van der Waals surface area contributed by atoms with E-state index in [-0.39, 0.29) is 10.6 Å². The highest BCUT2D eigenvalue weighted by molar-refractivity contribution is 8.18. The maximum atomic E-state index is 12.7. The summed E-state index contributed by atoms with van der Waals surface area (Å²) in [7, 11) is 1.53. The van der Waals surface area contributed by atoms with E-state index in [4.69, 9.17) is 9.15 Å². The van der Waals surface area contributed by atoms with Crippen LogP contribution in [0.25, 0.3) is 17.4 Å². The van der Waals surface area contributed by atoms with Crippen LogP contribution < -0.4 is 10.1 Å². The molecule has 1 N–H and O–H groups in total. The average molecular weight is 493 g/mol. The van der Waals surface area contributed by atoms with Gasteiger partial charge in [-0.3, -0.25) is 29.4 Å². The van der Waals surface area contributed by atoms with Crippen molar-refractivity contribution in [2.75, 3.05) is 19.0 Å². The van der Waals surface area contributed by atoms with Gasteiger partial charge in [0.1, 0.15) is 23.8 Å². The van der Waals surface area contributed by atoms with Crippen molar-refractivity contribution in [1.82, 2.24) is 4.90 Å². The second-order valence-electron chi connectivity index (χ2n) is 7.50. The Kier molecular flexibility index (Phi) is 6.69. The van der Waals surface area contributed by atoms with Crippen LogP contribution >= 0.6 is 11.8 Å². The summed E-state index contributed by atoms with van der Waals surface area (Å²) < 4.78 is 10.8. The van der Waals surface area contributed by atoms with Crippen LogP contribution in [0.4, 0.5) is 16.2 Å². The third-order valence-corrected chi connectivity index (χ3v) is 6.05. The Morgan fingerprint density at radius 1 is 1.17 bits per heavy atom. The minimum absolute atomic E-state index is 0.0717. The zero-order chi connectivity index (χ0) is 25.1. The van der Waals surface area contributed by atoms with Gasteiger partial charge < -0.3 is 14.5 Å². The number of furan rings is 1. The standard InChI is InChI=1S/C24H19N3O7S/c1-14-3-6-16(27(31)32)11-19(14)20-10-9-18(34-20)12-21-23(29)26(24(30)35-21)13-22(28)25-15-4-7-17(33-2)8-5-15/h3-12H,13H2,1-2H3,(H,25,28)/b21-12+. The zero-order valence-electron chi connectivity index (χ0n) is 18.6. The molecule has 2 aromatic carbocycles. The first-order valence-corrected chi connectivity index (χ1v) is 11.1. The summed E-state index contributed by atoms with van der Waals surface area (Å²) in [4.78, 5) is 49.0. The molecule has 2 heterocycles. The van der Waals surface area contributed by atoms with Gasteiger partial charge >= 0.3 is 0 Å². The van der Waals surface area contributed by atoms with Gasteiger partial charge in [-0.05, 0) is 60.6 Å². The number of hydrogen-bond acceptors (Lipinski definition) is 8. The third-order valence-electron chi connectivity index (χ3n) is 5.15. The number of anilines is 1. The topological polar surface area (TPSA) is 132 Å². The van der Waals surface area contributed by atoms with Gasteiger partial charge in [0.25, 0.3) is 16.8 Å². The van der Waals surface area contributed by atoms with Gasteiger partial charge in [-0.25, -0.2) is 0 Å². The Bertz CT molecular complexity index is 1360. The smallest absolute Gasteiger partial charge is 0.294 e. The van der Waals surface area contributed by atoms with E-state index in [9.17, 15) is 24.5 Å². The highest BCUT2D eigenvalue weighted by Crippen LogP contribution is 2.34. The Balaban J connectivity index is 1.46. The van der Waals surface area contributed by atoms with Gasteiger partial charge in [0, 0.05) is 29.5 Å². The molecule has 11 heteroatoms. The molecular weight excluding hydrogens is 474 g/mol. The van der Waals surface area contributed by atoms with Gasteiger partial charge in [0.05, 0.1) is 16.9 Å². The van der Waals surface area contributed by atoms with E-state index in [1.54, 1.807) is 49.4 Å². The number of benzene rings is 2. The summed E-state index contributed by atoms with van der Waals surface area (Å²) in [6.45, 7) is 1.36. The largest absolute Gasteiger partial charge is 0.497 e. The molecule has 1 aliphatic heterocycles. The van der Waals surface area contributed by atoms with Crippen LogP contribution in [0.5, 0.6) is 5.75 Å². The molecule has 10 nitrogen and oxygen atoms in total. The molecule has 1 fully saturated rings. The highest BCUT2D eigenvalue weighted by Gasteiger charge is 2.36. The second-order valence-corrected chi connectivity index (χ2v) is 8.50. The second kappa shape index (κ2) is 9.85. The van der Waals surface area contributed by atoms with Crippen LogP contribution in [0, 0.1) is 17.0 Å². The summed E-state index contributed by atoms with van der Waals surface area (Å²) in [5.74, 6) is 0.157. The number of aryl methyl sites for hydroxylation is 1. The molecule has 3 amide bonds. The highest BCUT2D eigenvalue weighted by atomic mass is 32.2. The van der Waals surface area contributed by atoms with Crippen molar-refractivity contribution in [1.29, 1.82) is 0 Å². The van der Waals surface area contributed by atoms with Crippen LogP contribution in [0.3, 0.4) is 0 Å². The number of thioether (sulfide) groups is 1. The summed E-state index contributed by atoms with van der Waals surface area (Å²) in [5.41, 5.74) is 1.75. The molecule has 0 unspecified atom stereocenters. The minimum atomic E-state index is -0.616. The minimum Gasteiger partial charge on any atom is -0.497 e. The molecule has 1 aliphatic rings. The van der Waals surface area contributed by atoms with E-state index < -0.39 is 28.5 Å². The molecule has 0 radical (unpaired) electrons. The number of carbonyl (C=O) groups excluding carboxylic acids is 3. The number of nitrogens with zero attached hydrogens (tertiary/aromatic N) is 2. The maximum absolute atomic E-state index is 12.7. The van der Waals surface area contributed by atoms with E-state index in [2.05, 4.69) is 5.32 Å². The number of nitrogens with one attached hydrogen (secondary N) is 1. The van der Waals surface area contributed by atoms with Gasteiger partial charge in [0.2, 0.25) is 5.91 Å². The molecule has 35 heavy (non-hydrogen) atoms. The van der Waals surface area contributed by atoms with Crippen LogP contribution in [0.2, 0.25) is 0 Å². The third kappa shape index (κ3) is 5.25. The van der Waals surface area contributed by atoms with Crippen molar-refractivity contribution in [3.05, 3.63) is 80.9 Å². The van der Waals surface area contributed by atoms with Crippen molar-refractivity contribution in [3.8, 4) is 17.1 Å². The molecular formula is C24H19N3O7S. The lowest BCUT2D eigenvalue weighted by Gasteiger charge is -2.12. The van der Waals surface area contributed by atoms with E-state index in [0.29, 0.717) is 40.3 Å². The predicted molar refractivity (Wildman–Crippen MR) is 130 cm³/mol. The number of imide groups is 1. The normalized spacial score (nSPS) is 14.5. The fourth-order valence-corrected chi connectivity index (χ4v) is 4.17. The van der Waals surface area contributed by atoms with E-state index >= 15 is 0 Å². The Hall–Kier alpha value is -4.38. The molecule has 1 saturated heterocycles. The molecule has 4 rings (SSSR count). The van der Waals surface area contributed by atoms with E-state index in [0.717, 1.165) is 10.5 Å². The van der Waals surface area contributed by atoms with Crippen molar-refractivity contribution in [2.45, 2.75) is 6.92 Å². The number of ether oxygens (including phenoxy) is 1.